The van der Waals surface area contributed by atoms with E-state index in [1.165, 1.54) is 12.1 Å². The summed E-state index contributed by atoms with van der Waals surface area (Å²) >= 11 is 6.07. The van der Waals surface area contributed by atoms with E-state index in [2.05, 4.69) is 5.32 Å². The van der Waals surface area contributed by atoms with Crippen molar-refractivity contribution in [1.29, 1.82) is 0 Å². The summed E-state index contributed by atoms with van der Waals surface area (Å²) in [7, 11) is 0. The molecule has 2 aromatic rings. The SMILES string of the molecule is Cc1ccc(CC(=O)NC(C)(CO)c2ccc(O)cc2)cc1Cl. The highest BCUT2D eigenvalue weighted by atomic mass is 35.5. The Morgan fingerprint density at radius 2 is 1.87 bits per heavy atom. The third-order valence-electron chi connectivity index (χ3n) is 3.84. The number of nitrogens with one attached hydrogen (secondary N) is 1. The van der Waals surface area contributed by atoms with Crippen LogP contribution in [0.5, 0.6) is 5.75 Å². The van der Waals surface area contributed by atoms with Gasteiger partial charge < -0.3 is 15.5 Å². The maximum absolute atomic E-state index is 12.3. The van der Waals surface area contributed by atoms with Crippen molar-refractivity contribution in [2.24, 2.45) is 0 Å². The highest BCUT2D eigenvalue weighted by Crippen LogP contribution is 2.23. The van der Waals surface area contributed by atoms with Crippen LogP contribution >= 0.6 is 11.6 Å². The largest absolute Gasteiger partial charge is 0.508 e. The maximum Gasteiger partial charge on any atom is 0.225 e. The predicted molar refractivity (Wildman–Crippen MR) is 90.6 cm³/mol. The lowest BCUT2D eigenvalue weighted by Gasteiger charge is -2.29. The average Bonchev–Trinajstić information content (AvgIpc) is 2.51. The van der Waals surface area contributed by atoms with Crippen LogP contribution in [0.25, 0.3) is 0 Å². The van der Waals surface area contributed by atoms with Gasteiger partial charge in [0.2, 0.25) is 5.91 Å². The van der Waals surface area contributed by atoms with Crippen molar-refractivity contribution in [2.75, 3.05) is 6.61 Å². The average molecular weight is 334 g/mol. The van der Waals surface area contributed by atoms with E-state index in [0.29, 0.717) is 10.6 Å². The Labute approximate surface area is 140 Å². The standard InChI is InChI=1S/C18H20ClNO3/c1-12-3-4-13(9-16(12)19)10-17(23)20-18(2,11-21)14-5-7-15(22)8-6-14/h3-9,21-22H,10-11H2,1-2H3,(H,20,23). The number of hydrogen-bond donors (Lipinski definition) is 3. The number of hydrogen-bond acceptors (Lipinski definition) is 3. The van der Waals surface area contributed by atoms with Crippen LogP contribution < -0.4 is 5.32 Å². The Kier molecular flexibility index (Phi) is 5.29. The molecule has 0 aromatic heterocycles. The summed E-state index contributed by atoms with van der Waals surface area (Å²) in [5, 5.41) is 22.5. The third-order valence-corrected chi connectivity index (χ3v) is 4.24. The minimum absolute atomic E-state index is 0.134. The van der Waals surface area contributed by atoms with Crippen LogP contribution in [-0.2, 0) is 16.8 Å². The van der Waals surface area contributed by atoms with Gasteiger partial charge in [0.25, 0.3) is 0 Å². The van der Waals surface area contributed by atoms with E-state index < -0.39 is 5.54 Å². The molecule has 0 aliphatic heterocycles. The monoisotopic (exact) mass is 333 g/mol. The first-order chi connectivity index (χ1) is 10.8. The number of aliphatic hydroxyl groups is 1. The van der Waals surface area contributed by atoms with Crippen molar-refractivity contribution in [3.05, 3.63) is 64.2 Å². The lowest BCUT2D eigenvalue weighted by atomic mass is 9.92. The van der Waals surface area contributed by atoms with Crippen LogP contribution in [0.4, 0.5) is 0 Å². The number of aliphatic hydroxyl groups excluding tert-OH is 1. The molecule has 4 nitrogen and oxygen atoms in total. The molecule has 0 aliphatic rings. The molecule has 1 unspecified atom stereocenters. The van der Waals surface area contributed by atoms with Gasteiger partial charge in [0.1, 0.15) is 5.75 Å². The number of benzene rings is 2. The van der Waals surface area contributed by atoms with Crippen LogP contribution in [0.3, 0.4) is 0 Å². The Bertz CT molecular complexity index is 700. The number of phenolic OH excluding ortho intramolecular Hbond substituents is 1. The van der Waals surface area contributed by atoms with Crippen molar-refractivity contribution >= 4 is 17.5 Å². The first kappa shape index (κ1) is 17.3. The molecule has 0 heterocycles. The summed E-state index contributed by atoms with van der Waals surface area (Å²) in [5.41, 5.74) is 1.57. The number of carbonyl (C=O) groups is 1. The number of amides is 1. The zero-order chi connectivity index (χ0) is 17.0. The second-order valence-corrected chi connectivity index (χ2v) is 6.25. The second-order valence-electron chi connectivity index (χ2n) is 5.85. The Morgan fingerprint density at radius 3 is 2.43 bits per heavy atom. The van der Waals surface area contributed by atoms with Crippen LogP contribution in [-0.4, -0.2) is 22.7 Å². The number of rotatable bonds is 5. The van der Waals surface area contributed by atoms with Crippen LogP contribution in [0.1, 0.15) is 23.6 Å². The molecule has 0 aliphatic carbocycles. The van der Waals surface area contributed by atoms with Crippen LogP contribution in [0, 0.1) is 6.92 Å². The van der Waals surface area contributed by atoms with Gasteiger partial charge in [-0.05, 0) is 48.7 Å². The smallest absolute Gasteiger partial charge is 0.225 e. The van der Waals surface area contributed by atoms with Crippen molar-refractivity contribution in [3.63, 3.8) is 0 Å². The van der Waals surface area contributed by atoms with Gasteiger partial charge in [-0.15, -0.1) is 0 Å². The summed E-state index contributed by atoms with van der Waals surface area (Å²) in [6.07, 6.45) is 0.174. The third kappa shape index (κ3) is 4.24. The topological polar surface area (TPSA) is 69.6 Å². The van der Waals surface area contributed by atoms with Crippen molar-refractivity contribution in [1.82, 2.24) is 5.32 Å². The molecule has 2 aromatic carbocycles. The number of carbonyl (C=O) groups excluding carboxylic acids is 1. The van der Waals surface area contributed by atoms with E-state index >= 15 is 0 Å². The maximum atomic E-state index is 12.3. The Morgan fingerprint density at radius 1 is 1.22 bits per heavy atom. The first-order valence-corrected chi connectivity index (χ1v) is 7.68. The molecule has 1 amide bonds. The molecule has 0 bridgehead atoms. The van der Waals surface area contributed by atoms with Gasteiger partial charge in [0, 0.05) is 5.02 Å². The molecule has 5 heteroatoms. The van der Waals surface area contributed by atoms with E-state index in [0.717, 1.165) is 11.1 Å². The van der Waals surface area contributed by atoms with E-state index in [1.807, 2.05) is 19.1 Å². The van der Waals surface area contributed by atoms with Gasteiger partial charge >= 0.3 is 0 Å². The molecular weight excluding hydrogens is 314 g/mol. The second kappa shape index (κ2) is 7.02. The minimum Gasteiger partial charge on any atom is -0.508 e. The number of aryl methyl sites for hydroxylation is 1. The first-order valence-electron chi connectivity index (χ1n) is 7.30. The summed E-state index contributed by atoms with van der Waals surface area (Å²) in [4.78, 5) is 12.3. The normalized spacial score (nSPS) is 13.4. The molecule has 0 saturated heterocycles. The fourth-order valence-electron chi connectivity index (χ4n) is 2.32. The predicted octanol–water partition coefficient (Wildman–Crippen LogP) is 2.92. The van der Waals surface area contributed by atoms with Gasteiger partial charge in [-0.3, -0.25) is 4.79 Å². The van der Waals surface area contributed by atoms with Gasteiger partial charge in [0.15, 0.2) is 0 Å². The summed E-state index contributed by atoms with van der Waals surface area (Å²) in [5.74, 6) is -0.0794. The molecule has 1 atom stereocenters. The Balaban J connectivity index is 2.12. The fourth-order valence-corrected chi connectivity index (χ4v) is 2.52. The molecule has 0 spiro atoms. The quantitative estimate of drug-likeness (QED) is 0.788. The Hall–Kier alpha value is -2.04. The fraction of sp³-hybridized carbons (Fsp3) is 0.278. The molecule has 2 rings (SSSR count). The molecule has 23 heavy (non-hydrogen) atoms. The van der Waals surface area contributed by atoms with Gasteiger partial charge in [-0.2, -0.15) is 0 Å². The zero-order valence-corrected chi connectivity index (χ0v) is 13.9. The molecule has 3 N–H and O–H groups in total. The van der Waals surface area contributed by atoms with Gasteiger partial charge in [-0.1, -0.05) is 35.9 Å². The molecule has 0 saturated carbocycles. The van der Waals surface area contributed by atoms with Crippen molar-refractivity contribution in [2.45, 2.75) is 25.8 Å². The van der Waals surface area contributed by atoms with Crippen molar-refractivity contribution < 1.29 is 15.0 Å². The minimum atomic E-state index is -0.917. The molecule has 0 radical (unpaired) electrons. The molecule has 0 fully saturated rings. The van der Waals surface area contributed by atoms with Crippen LogP contribution in [0.2, 0.25) is 5.02 Å². The molecular formula is C18H20ClNO3. The highest BCUT2D eigenvalue weighted by molar-refractivity contribution is 6.31. The zero-order valence-electron chi connectivity index (χ0n) is 13.1. The lowest BCUT2D eigenvalue weighted by molar-refractivity contribution is -0.122. The summed E-state index contributed by atoms with van der Waals surface area (Å²) < 4.78 is 0. The number of aromatic hydroxyl groups is 1. The number of halogens is 1. The summed E-state index contributed by atoms with van der Waals surface area (Å²) in [6.45, 7) is 3.39. The van der Waals surface area contributed by atoms with Gasteiger partial charge in [-0.25, -0.2) is 0 Å². The van der Waals surface area contributed by atoms with Crippen molar-refractivity contribution in [3.8, 4) is 5.75 Å². The van der Waals surface area contributed by atoms with E-state index in [4.69, 9.17) is 11.6 Å². The lowest BCUT2D eigenvalue weighted by Crippen LogP contribution is -2.46. The van der Waals surface area contributed by atoms with E-state index in [9.17, 15) is 15.0 Å². The van der Waals surface area contributed by atoms with E-state index in [-0.39, 0.29) is 24.7 Å². The van der Waals surface area contributed by atoms with Gasteiger partial charge in [0.05, 0.1) is 18.6 Å². The van der Waals surface area contributed by atoms with E-state index in [1.54, 1.807) is 25.1 Å². The highest BCUT2D eigenvalue weighted by Gasteiger charge is 2.27. The van der Waals surface area contributed by atoms with Crippen LogP contribution in [0.15, 0.2) is 42.5 Å². The number of phenols is 1. The summed E-state index contributed by atoms with van der Waals surface area (Å²) in [6, 6.07) is 11.9. The molecule has 122 valence electrons.